The molecule has 1 aromatic heterocycles. The van der Waals surface area contributed by atoms with Crippen molar-refractivity contribution in [1.82, 2.24) is 15.6 Å². The van der Waals surface area contributed by atoms with Gasteiger partial charge in [-0.15, -0.1) is 4.99 Å². The van der Waals surface area contributed by atoms with Gasteiger partial charge in [0.25, 0.3) is 0 Å². The molecule has 0 aromatic carbocycles. The molecule has 3 heterocycles. The minimum Gasteiger partial charge on any atom is -0.370 e. The summed E-state index contributed by atoms with van der Waals surface area (Å²) in [5, 5.41) is 13.4. The van der Waals surface area contributed by atoms with Gasteiger partial charge in [-0.25, -0.2) is 5.01 Å². The summed E-state index contributed by atoms with van der Waals surface area (Å²) in [5.74, 6) is 0. The van der Waals surface area contributed by atoms with E-state index in [9.17, 15) is 5.11 Å². The molecule has 2 N–H and O–H groups in total. The van der Waals surface area contributed by atoms with Crippen LogP contribution in [0.25, 0.3) is 0 Å². The molecular formula is C10H14N4O3. The summed E-state index contributed by atoms with van der Waals surface area (Å²) in [5.41, 5.74) is 3.31. The van der Waals surface area contributed by atoms with Crippen LogP contribution in [0.15, 0.2) is 24.5 Å². The number of aromatic nitrogens is 1. The lowest BCUT2D eigenvalue weighted by Gasteiger charge is -2.28. The maximum Gasteiger partial charge on any atom is 0.171 e. The third-order valence-corrected chi connectivity index (χ3v) is 3.06. The van der Waals surface area contributed by atoms with Gasteiger partial charge in [0, 0.05) is 12.7 Å². The second-order valence-corrected chi connectivity index (χ2v) is 4.10. The number of aliphatic hydroxyl groups excluding tert-OH is 1. The van der Waals surface area contributed by atoms with Gasteiger partial charge in [0.2, 0.25) is 0 Å². The normalized spacial score (nSPS) is 30.1. The van der Waals surface area contributed by atoms with Crippen LogP contribution in [0.2, 0.25) is 0 Å². The average Bonchev–Trinajstić information content (AvgIpc) is 2.78. The van der Waals surface area contributed by atoms with Crippen molar-refractivity contribution in [3.05, 3.63) is 24.5 Å². The first-order valence-corrected chi connectivity index (χ1v) is 5.59. The third-order valence-electron chi connectivity index (χ3n) is 3.06. The molecule has 2 fully saturated rings. The number of pyridine rings is 1. The Bertz CT molecular complexity index is 377. The second kappa shape index (κ2) is 4.55. The molecule has 17 heavy (non-hydrogen) atoms. The van der Waals surface area contributed by atoms with Crippen LogP contribution in [-0.4, -0.2) is 33.9 Å². The number of hydroxylamine groups is 1. The Morgan fingerprint density at radius 1 is 1.53 bits per heavy atom. The van der Waals surface area contributed by atoms with Crippen LogP contribution < -0.4 is 10.7 Å². The Labute approximate surface area is 98.4 Å². The number of nitrogens with zero attached hydrogens (tertiary/aromatic N) is 3. The van der Waals surface area contributed by atoms with Gasteiger partial charge in [0.1, 0.15) is 0 Å². The zero-order valence-corrected chi connectivity index (χ0v) is 9.19. The van der Waals surface area contributed by atoms with Gasteiger partial charge in [-0.2, -0.15) is 5.06 Å². The van der Waals surface area contributed by atoms with Gasteiger partial charge in [-0.1, -0.05) is 10.6 Å². The molecule has 0 amide bonds. The van der Waals surface area contributed by atoms with E-state index in [-0.39, 0.29) is 6.04 Å². The third kappa shape index (κ3) is 1.99. The van der Waals surface area contributed by atoms with Crippen molar-refractivity contribution in [3.63, 3.8) is 0 Å². The highest BCUT2D eigenvalue weighted by atomic mass is 17.3. The fourth-order valence-corrected chi connectivity index (χ4v) is 2.20. The van der Waals surface area contributed by atoms with Crippen molar-refractivity contribution < 1.29 is 15.1 Å². The topological polar surface area (TPSA) is 70.1 Å². The van der Waals surface area contributed by atoms with E-state index in [1.165, 1.54) is 5.06 Å². The second-order valence-electron chi connectivity index (χ2n) is 4.10. The molecule has 0 spiro atoms. The lowest BCUT2D eigenvalue weighted by Crippen LogP contribution is -2.48. The van der Waals surface area contributed by atoms with Crippen molar-refractivity contribution in [2.45, 2.75) is 25.1 Å². The SMILES string of the molecule is O[C@H]1[C@@H]2CCCN2NOON1c1cccnc1. The standard InChI is InChI=1S/C10H14N4O3/c15-10-9-4-2-6-13(9)12-16-17-14(10)8-3-1-5-11-7-8/h1,3,5,7,9-10,12,15H,2,4,6H2/t9-,10-/m0/s1. The molecule has 0 radical (unpaired) electrons. The molecule has 2 saturated heterocycles. The molecule has 2 atom stereocenters. The summed E-state index contributed by atoms with van der Waals surface area (Å²) in [6.07, 6.45) is 4.37. The summed E-state index contributed by atoms with van der Waals surface area (Å²) in [6, 6.07) is 3.51. The molecule has 0 saturated carbocycles. The van der Waals surface area contributed by atoms with E-state index in [0.717, 1.165) is 19.4 Å². The maximum absolute atomic E-state index is 10.3. The Balaban J connectivity index is 1.85. The van der Waals surface area contributed by atoms with Crippen LogP contribution >= 0.6 is 0 Å². The van der Waals surface area contributed by atoms with Crippen LogP contribution in [0.4, 0.5) is 5.69 Å². The summed E-state index contributed by atoms with van der Waals surface area (Å²) in [7, 11) is 0. The molecule has 0 unspecified atom stereocenters. The zero-order chi connectivity index (χ0) is 11.7. The van der Waals surface area contributed by atoms with E-state index >= 15 is 0 Å². The maximum atomic E-state index is 10.3. The molecule has 7 heteroatoms. The van der Waals surface area contributed by atoms with Crippen molar-refractivity contribution in [2.75, 3.05) is 11.6 Å². The first-order valence-electron chi connectivity index (χ1n) is 5.59. The minimum absolute atomic E-state index is 0.0577. The number of hydrogen-bond acceptors (Lipinski definition) is 7. The average molecular weight is 238 g/mol. The number of aliphatic hydroxyl groups is 1. The van der Waals surface area contributed by atoms with E-state index < -0.39 is 6.23 Å². The number of hydrazine groups is 1. The van der Waals surface area contributed by atoms with Crippen LogP contribution in [0.5, 0.6) is 0 Å². The smallest absolute Gasteiger partial charge is 0.171 e. The molecule has 7 nitrogen and oxygen atoms in total. The molecule has 1 aromatic rings. The molecule has 2 aliphatic heterocycles. The quantitative estimate of drug-likeness (QED) is 0.665. The highest BCUT2D eigenvalue weighted by Crippen LogP contribution is 2.26. The Morgan fingerprint density at radius 2 is 2.47 bits per heavy atom. The molecule has 3 rings (SSSR count). The van der Waals surface area contributed by atoms with Crippen LogP contribution in [0.3, 0.4) is 0 Å². The van der Waals surface area contributed by atoms with E-state index in [0.29, 0.717) is 5.69 Å². The Morgan fingerprint density at radius 3 is 3.29 bits per heavy atom. The fraction of sp³-hybridized carbons (Fsp3) is 0.500. The molecule has 92 valence electrons. The first kappa shape index (κ1) is 10.9. The van der Waals surface area contributed by atoms with Crippen molar-refractivity contribution in [3.8, 4) is 0 Å². The van der Waals surface area contributed by atoms with Gasteiger partial charge >= 0.3 is 0 Å². The van der Waals surface area contributed by atoms with Crippen LogP contribution in [0, 0.1) is 0 Å². The molecule has 2 aliphatic rings. The number of nitrogens with one attached hydrogen (secondary N) is 1. The van der Waals surface area contributed by atoms with Gasteiger partial charge < -0.3 is 5.11 Å². The highest BCUT2D eigenvalue weighted by molar-refractivity contribution is 5.41. The van der Waals surface area contributed by atoms with E-state index in [4.69, 9.17) is 9.98 Å². The van der Waals surface area contributed by atoms with E-state index in [1.807, 2.05) is 5.01 Å². The Hall–Kier alpha value is -1.25. The summed E-state index contributed by atoms with van der Waals surface area (Å²) < 4.78 is 0. The highest BCUT2D eigenvalue weighted by Gasteiger charge is 2.38. The number of anilines is 1. The number of fused-ring (bicyclic) bond motifs is 1. The van der Waals surface area contributed by atoms with Crippen LogP contribution in [-0.2, 0) is 9.98 Å². The van der Waals surface area contributed by atoms with Gasteiger partial charge in [0.05, 0.1) is 17.9 Å². The van der Waals surface area contributed by atoms with Gasteiger partial charge in [-0.05, 0) is 25.0 Å². The van der Waals surface area contributed by atoms with E-state index in [1.54, 1.807) is 24.5 Å². The first-order chi connectivity index (χ1) is 8.36. The molecule has 0 bridgehead atoms. The molecule has 0 aliphatic carbocycles. The van der Waals surface area contributed by atoms with Crippen molar-refractivity contribution in [1.29, 1.82) is 0 Å². The Kier molecular flexibility index (Phi) is 2.91. The lowest BCUT2D eigenvalue weighted by molar-refractivity contribution is -0.368. The predicted octanol–water partition coefficient (Wildman–Crippen LogP) is -0.0328. The molecular weight excluding hydrogens is 224 g/mol. The van der Waals surface area contributed by atoms with Crippen LogP contribution in [0.1, 0.15) is 12.8 Å². The number of rotatable bonds is 1. The number of hydrogen-bond donors (Lipinski definition) is 2. The summed E-state index contributed by atoms with van der Waals surface area (Å²) >= 11 is 0. The summed E-state index contributed by atoms with van der Waals surface area (Å²) in [6.45, 7) is 0.825. The van der Waals surface area contributed by atoms with Crippen molar-refractivity contribution >= 4 is 5.69 Å². The predicted molar refractivity (Wildman–Crippen MR) is 57.8 cm³/mol. The van der Waals surface area contributed by atoms with Crippen molar-refractivity contribution in [2.24, 2.45) is 0 Å². The van der Waals surface area contributed by atoms with Gasteiger partial charge in [-0.3, -0.25) is 4.98 Å². The lowest BCUT2D eigenvalue weighted by atomic mass is 10.2. The zero-order valence-electron chi connectivity index (χ0n) is 9.19. The van der Waals surface area contributed by atoms with Gasteiger partial charge in [0.15, 0.2) is 6.23 Å². The minimum atomic E-state index is -0.795. The van der Waals surface area contributed by atoms with E-state index in [2.05, 4.69) is 10.6 Å². The fourth-order valence-electron chi connectivity index (χ4n) is 2.20. The largest absolute Gasteiger partial charge is 0.370 e. The monoisotopic (exact) mass is 238 g/mol. The summed E-state index contributed by atoms with van der Waals surface area (Å²) in [4.78, 5) is 13.9.